The summed E-state index contributed by atoms with van der Waals surface area (Å²) in [5.74, 6) is 1.53. The third kappa shape index (κ3) is 6.03. The molecule has 31 heavy (non-hydrogen) atoms. The highest BCUT2D eigenvalue weighted by atomic mass is 31.1. The minimum Gasteiger partial charge on any atom is -0.488 e. The molecule has 0 aromatic heterocycles. The summed E-state index contributed by atoms with van der Waals surface area (Å²) < 4.78 is 6.29. The van der Waals surface area contributed by atoms with Gasteiger partial charge in [-0.3, -0.25) is 4.99 Å². The molecule has 3 aromatic rings. The summed E-state index contributed by atoms with van der Waals surface area (Å²) in [5.41, 5.74) is 3.71. The highest BCUT2D eigenvalue weighted by Gasteiger charge is 2.12. The zero-order chi connectivity index (χ0) is 21.3. The maximum absolute atomic E-state index is 6.29. The van der Waals surface area contributed by atoms with Crippen molar-refractivity contribution in [3.8, 4) is 5.75 Å². The smallest absolute Gasteiger partial charge is 0.127 e. The van der Waals surface area contributed by atoms with Crippen LogP contribution in [0.15, 0.2) is 102 Å². The Morgan fingerprint density at radius 2 is 1.77 bits per heavy atom. The van der Waals surface area contributed by atoms with Crippen LogP contribution in [0.3, 0.4) is 0 Å². The van der Waals surface area contributed by atoms with Gasteiger partial charge in [-0.2, -0.15) is 0 Å². The number of aliphatic imine (C=N–C) groups is 1. The third-order valence-corrected chi connectivity index (χ3v) is 6.73. The second kappa shape index (κ2) is 10.9. The van der Waals surface area contributed by atoms with Gasteiger partial charge in [0.2, 0.25) is 0 Å². The first kappa shape index (κ1) is 21.3. The van der Waals surface area contributed by atoms with E-state index in [1.165, 1.54) is 27.3 Å². The average Bonchev–Trinajstić information content (AvgIpc) is 2.81. The summed E-state index contributed by atoms with van der Waals surface area (Å²) in [4.78, 5) is 4.24. The van der Waals surface area contributed by atoms with Gasteiger partial charge in [0.1, 0.15) is 12.4 Å². The topological polar surface area (TPSA) is 21.6 Å². The number of allylic oxidation sites excluding steroid dienone is 4. The number of benzene rings is 3. The SMILES string of the molecule is C/N=C/c1ccccc1Pc1cc(CC2C=CC=CC2)ccc1OCc1ccccc1. The van der Waals surface area contributed by atoms with E-state index < -0.39 is 0 Å². The molecule has 2 unspecified atom stereocenters. The van der Waals surface area contributed by atoms with Crippen molar-refractivity contribution < 1.29 is 4.74 Å². The second-order valence-corrected chi connectivity index (χ2v) is 9.04. The molecule has 1 aliphatic rings. The highest BCUT2D eigenvalue weighted by Crippen LogP contribution is 2.25. The molecule has 0 N–H and O–H groups in total. The van der Waals surface area contributed by atoms with Crippen LogP contribution >= 0.6 is 8.58 Å². The lowest BCUT2D eigenvalue weighted by molar-refractivity contribution is 0.309. The predicted octanol–water partition coefficient (Wildman–Crippen LogP) is 5.62. The Morgan fingerprint density at radius 3 is 2.58 bits per heavy atom. The maximum atomic E-state index is 6.29. The van der Waals surface area contributed by atoms with Crippen molar-refractivity contribution >= 4 is 25.4 Å². The van der Waals surface area contributed by atoms with Gasteiger partial charge in [-0.05, 0) is 52.9 Å². The molecule has 2 atom stereocenters. The Balaban J connectivity index is 1.60. The Kier molecular flexibility index (Phi) is 7.47. The monoisotopic (exact) mass is 425 g/mol. The lowest BCUT2D eigenvalue weighted by Crippen LogP contribution is -2.13. The van der Waals surface area contributed by atoms with Crippen LogP contribution in [0.5, 0.6) is 5.75 Å². The van der Waals surface area contributed by atoms with Gasteiger partial charge in [-0.25, -0.2) is 0 Å². The number of rotatable bonds is 8. The molecule has 0 heterocycles. The number of nitrogens with zero attached hydrogens (tertiary/aromatic N) is 1. The van der Waals surface area contributed by atoms with Gasteiger partial charge in [0.25, 0.3) is 0 Å². The number of hydrogen-bond acceptors (Lipinski definition) is 2. The quantitative estimate of drug-likeness (QED) is 0.339. The Morgan fingerprint density at radius 1 is 0.935 bits per heavy atom. The molecule has 0 radical (unpaired) electrons. The van der Waals surface area contributed by atoms with Crippen LogP contribution in [0.1, 0.15) is 23.1 Å². The van der Waals surface area contributed by atoms with E-state index in [0.717, 1.165) is 18.6 Å². The van der Waals surface area contributed by atoms with Crippen molar-refractivity contribution in [2.24, 2.45) is 10.9 Å². The fourth-order valence-electron chi connectivity index (χ4n) is 3.76. The minimum atomic E-state index is 0.512. The molecule has 0 aliphatic heterocycles. The zero-order valence-electron chi connectivity index (χ0n) is 17.9. The summed E-state index contributed by atoms with van der Waals surface area (Å²) in [7, 11) is 2.33. The van der Waals surface area contributed by atoms with Crippen molar-refractivity contribution in [1.29, 1.82) is 0 Å². The molecule has 0 saturated carbocycles. The standard InChI is InChI=1S/C28H28NOP/c1-29-20-25-14-8-9-15-27(25)31-28-19-24(18-22-10-4-2-5-11-22)16-17-26(28)30-21-23-12-6-3-7-13-23/h2-10,12-17,19-20,22,31H,11,18,21H2,1H3/b29-20+. The van der Waals surface area contributed by atoms with Crippen molar-refractivity contribution in [3.63, 3.8) is 0 Å². The van der Waals surface area contributed by atoms with Crippen molar-refractivity contribution in [2.75, 3.05) is 7.05 Å². The van der Waals surface area contributed by atoms with Gasteiger partial charge >= 0.3 is 0 Å². The van der Waals surface area contributed by atoms with E-state index in [1.54, 1.807) is 0 Å². The van der Waals surface area contributed by atoms with Crippen molar-refractivity contribution in [1.82, 2.24) is 0 Å². The van der Waals surface area contributed by atoms with E-state index in [1.807, 2.05) is 19.3 Å². The molecule has 3 aromatic carbocycles. The number of hydrogen-bond donors (Lipinski definition) is 0. The molecule has 3 heteroatoms. The lowest BCUT2D eigenvalue weighted by atomic mass is 9.93. The molecule has 156 valence electrons. The van der Waals surface area contributed by atoms with Crippen molar-refractivity contribution in [3.05, 3.63) is 114 Å². The van der Waals surface area contributed by atoms with Gasteiger partial charge in [-0.1, -0.05) is 93.5 Å². The molecular weight excluding hydrogens is 397 g/mol. The average molecular weight is 426 g/mol. The lowest BCUT2D eigenvalue weighted by Gasteiger charge is -2.17. The predicted molar refractivity (Wildman–Crippen MR) is 135 cm³/mol. The van der Waals surface area contributed by atoms with Gasteiger partial charge in [0.05, 0.1) is 0 Å². The summed E-state index contributed by atoms with van der Waals surface area (Å²) >= 11 is 0. The van der Waals surface area contributed by atoms with Crippen LogP contribution in [0.25, 0.3) is 0 Å². The molecule has 0 bridgehead atoms. The van der Waals surface area contributed by atoms with Crippen LogP contribution in [0, 0.1) is 5.92 Å². The first-order valence-corrected chi connectivity index (χ1v) is 11.7. The minimum absolute atomic E-state index is 0.512. The van der Waals surface area contributed by atoms with Gasteiger partial charge in [0.15, 0.2) is 0 Å². The Labute approximate surface area is 187 Å². The van der Waals surface area contributed by atoms with E-state index in [2.05, 4.69) is 96.0 Å². The fraction of sp³-hybridized carbons (Fsp3) is 0.179. The molecule has 0 fully saturated rings. The summed E-state index contributed by atoms with van der Waals surface area (Å²) in [6, 6.07) is 25.5. The molecule has 4 rings (SSSR count). The van der Waals surface area contributed by atoms with E-state index in [9.17, 15) is 0 Å². The third-order valence-electron chi connectivity index (χ3n) is 5.35. The molecular formula is C28H28NOP. The van der Waals surface area contributed by atoms with Crippen molar-refractivity contribution in [2.45, 2.75) is 19.4 Å². The largest absolute Gasteiger partial charge is 0.488 e. The molecule has 0 spiro atoms. The Bertz CT molecular complexity index is 1090. The fourth-order valence-corrected chi connectivity index (χ4v) is 5.05. The van der Waals surface area contributed by atoms with E-state index in [0.29, 0.717) is 21.1 Å². The van der Waals surface area contributed by atoms with Crippen LogP contribution < -0.4 is 15.3 Å². The molecule has 2 nitrogen and oxygen atoms in total. The maximum Gasteiger partial charge on any atom is 0.127 e. The zero-order valence-corrected chi connectivity index (χ0v) is 18.9. The molecule has 0 amide bonds. The summed E-state index contributed by atoms with van der Waals surface area (Å²) in [5, 5.41) is 2.54. The first-order chi connectivity index (χ1) is 15.3. The van der Waals surface area contributed by atoms with Gasteiger partial charge in [0, 0.05) is 18.6 Å². The van der Waals surface area contributed by atoms with E-state index in [-0.39, 0.29) is 0 Å². The summed E-state index contributed by atoms with van der Waals surface area (Å²) in [6.07, 6.45) is 13.0. The first-order valence-electron chi connectivity index (χ1n) is 10.7. The second-order valence-electron chi connectivity index (χ2n) is 7.72. The van der Waals surface area contributed by atoms with Crippen LogP contribution in [0.2, 0.25) is 0 Å². The van der Waals surface area contributed by atoms with Gasteiger partial charge < -0.3 is 4.74 Å². The van der Waals surface area contributed by atoms with Crippen LogP contribution in [-0.4, -0.2) is 13.3 Å². The molecule has 1 aliphatic carbocycles. The van der Waals surface area contributed by atoms with Crippen LogP contribution in [-0.2, 0) is 13.0 Å². The van der Waals surface area contributed by atoms with Crippen LogP contribution in [0.4, 0.5) is 0 Å². The Hall–Kier alpha value is -2.96. The molecule has 0 saturated heterocycles. The highest BCUT2D eigenvalue weighted by molar-refractivity contribution is 7.56. The normalized spacial score (nSPS) is 15.8. The van der Waals surface area contributed by atoms with E-state index >= 15 is 0 Å². The van der Waals surface area contributed by atoms with Gasteiger partial charge in [-0.15, -0.1) is 0 Å². The van der Waals surface area contributed by atoms with E-state index in [4.69, 9.17) is 4.74 Å². The summed E-state index contributed by atoms with van der Waals surface area (Å²) in [6.45, 7) is 0.575. The number of ether oxygens (including phenoxy) is 1.